The van der Waals surface area contributed by atoms with Gasteiger partial charge in [0.05, 0.1) is 17.1 Å². The van der Waals surface area contributed by atoms with E-state index in [1.54, 1.807) is 24.3 Å². The predicted octanol–water partition coefficient (Wildman–Crippen LogP) is 2.94. The van der Waals surface area contributed by atoms with E-state index in [9.17, 15) is 17.2 Å². The van der Waals surface area contributed by atoms with E-state index in [4.69, 9.17) is 5.73 Å². The van der Waals surface area contributed by atoms with Crippen molar-refractivity contribution in [2.24, 2.45) is 5.73 Å². The first-order chi connectivity index (χ1) is 11.0. The molecule has 0 amide bonds. The van der Waals surface area contributed by atoms with Crippen LogP contribution < -0.4 is 14.3 Å². The van der Waals surface area contributed by atoms with E-state index in [1.807, 2.05) is 0 Å². The van der Waals surface area contributed by atoms with Gasteiger partial charge in [0.1, 0.15) is 5.82 Å². The maximum absolute atomic E-state index is 14.1. The third-order valence-electron chi connectivity index (χ3n) is 3.57. The van der Waals surface area contributed by atoms with Crippen LogP contribution in [0.3, 0.4) is 0 Å². The molecule has 5 nitrogen and oxygen atoms in total. The number of rotatable bonds is 4. The van der Waals surface area contributed by atoms with Crippen LogP contribution in [0.25, 0.3) is 0 Å². The maximum atomic E-state index is 14.1. The van der Waals surface area contributed by atoms with Crippen molar-refractivity contribution >= 4 is 39.7 Å². The molecular formula is C15H16ClF2N3O2S. The highest BCUT2D eigenvalue weighted by Gasteiger charge is 2.41. The van der Waals surface area contributed by atoms with Crippen LogP contribution in [0.2, 0.25) is 0 Å². The minimum absolute atomic E-state index is 0. The van der Waals surface area contributed by atoms with Gasteiger partial charge in [-0.15, -0.1) is 12.4 Å². The lowest BCUT2D eigenvalue weighted by Crippen LogP contribution is -2.36. The van der Waals surface area contributed by atoms with Crippen LogP contribution >= 0.6 is 12.4 Å². The highest BCUT2D eigenvalue weighted by Crippen LogP contribution is 2.45. The third kappa shape index (κ3) is 2.92. The summed E-state index contributed by atoms with van der Waals surface area (Å²) in [6.07, 6.45) is 0.466. The van der Waals surface area contributed by atoms with Gasteiger partial charge in [0, 0.05) is 12.6 Å². The number of halogens is 3. The number of nitrogens with two attached hydrogens (primary N) is 1. The number of hydrogen-bond acceptors (Lipinski definition) is 3. The van der Waals surface area contributed by atoms with Crippen molar-refractivity contribution in [2.75, 3.05) is 21.7 Å². The molecular weight excluding hydrogens is 360 g/mol. The molecule has 0 unspecified atom stereocenters. The molecule has 1 aliphatic rings. The Morgan fingerprint density at radius 1 is 1.00 bits per heavy atom. The van der Waals surface area contributed by atoms with Gasteiger partial charge >= 0.3 is 10.2 Å². The Kier molecular flexibility index (Phi) is 5.32. The Morgan fingerprint density at radius 2 is 1.67 bits per heavy atom. The van der Waals surface area contributed by atoms with Crippen molar-refractivity contribution in [3.63, 3.8) is 0 Å². The van der Waals surface area contributed by atoms with Gasteiger partial charge < -0.3 is 5.73 Å². The number of fused-ring (bicyclic) bond motifs is 1. The molecule has 0 saturated heterocycles. The van der Waals surface area contributed by atoms with E-state index in [1.165, 1.54) is 4.31 Å². The lowest BCUT2D eigenvalue weighted by atomic mass is 10.2. The summed E-state index contributed by atoms with van der Waals surface area (Å²) in [5, 5.41) is 0. The summed E-state index contributed by atoms with van der Waals surface area (Å²) in [5.74, 6) is -1.71. The summed E-state index contributed by atoms with van der Waals surface area (Å²) in [6, 6.07) is 9.40. The normalized spacial score (nSPS) is 15.1. The summed E-state index contributed by atoms with van der Waals surface area (Å²) >= 11 is 0. The second kappa shape index (κ2) is 6.92. The SMILES string of the molecule is Cl.NCCCN1c2ccccc2N(c2ccc(F)cc2F)S1(=O)=O. The summed E-state index contributed by atoms with van der Waals surface area (Å²) in [7, 11) is -4.00. The second-order valence-electron chi connectivity index (χ2n) is 5.07. The van der Waals surface area contributed by atoms with Crippen molar-refractivity contribution in [3.8, 4) is 0 Å². The van der Waals surface area contributed by atoms with Gasteiger partial charge in [0.25, 0.3) is 0 Å². The molecule has 0 bridgehead atoms. The van der Waals surface area contributed by atoms with Crippen molar-refractivity contribution < 1.29 is 17.2 Å². The van der Waals surface area contributed by atoms with Crippen LogP contribution in [0.4, 0.5) is 25.8 Å². The lowest BCUT2D eigenvalue weighted by Gasteiger charge is -2.22. The van der Waals surface area contributed by atoms with Crippen LogP contribution in [0.15, 0.2) is 42.5 Å². The van der Waals surface area contributed by atoms with Gasteiger partial charge in [-0.1, -0.05) is 12.1 Å². The van der Waals surface area contributed by atoms with Crippen LogP contribution in [0, 0.1) is 11.6 Å². The Hall–Kier alpha value is -1.90. The number of anilines is 3. The Morgan fingerprint density at radius 3 is 2.29 bits per heavy atom. The molecule has 0 aliphatic carbocycles. The minimum atomic E-state index is -4.00. The molecule has 2 aromatic carbocycles. The minimum Gasteiger partial charge on any atom is -0.330 e. The molecule has 130 valence electrons. The number of nitrogens with zero attached hydrogens (tertiary/aromatic N) is 2. The van der Waals surface area contributed by atoms with Gasteiger partial charge in [0.15, 0.2) is 5.82 Å². The van der Waals surface area contributed by atoms with Crippen molar-refractivity contribution in [2.45, 2.75) is 6.42 Å². The predicted molar refractivity (Wildman–Crippen MR) is 92.1 cm³/mol. The number of benzene rings is 2. The average Bonchev–Trinajstić information content (AvgIpc) is 2.72. The van der Waals surface area contributed by atoms with Gasteiger partial charge in [-0.2, -0.15) is 8.42 Å². The first-order valence-electron chi connectivity index (χ1n) is 7.04. The molecule has 3 rings (SSSR count). The van der Waals surface area contributed by atoms with E-state index in [-0.39, 0.29) is 24.6 Å². The Bertz CT molecular complexity index is 848. The van der Waals surface area contributed by atoms with E-state index in [0.29, 0.717) is 30.4 Å². The zero-order chi connectivity index (χ0) is 16.6. The van der Waals surface area contributed by atoms with Gasteiger partial charge in [-0.3, -0.25) is 4.31 Å². The first kappa shape index (κ1) is 18.4. The molecule has 0 fully saturated rings. The van der Waals surface area contributed by atoms with Crippen LogP contribution in [0.5, 0.6) is 0 Å². The fraction of sp³-hybridized carbons (Fsp3) is 0.200. The van der Waals surface area contributed by atoms with E-state index in [2.05, 4.69) is 0 Å². The van der Waals surface area contributed by atoms with E-state index in [0.717, 1.165) is 16.4 Å². The molecule has 0 spiro atoms. The molecule has 2 aromatic rings. The Labute approximate surface area is 145 Å². The highest BCUT2D eigenvalue weighted by molar-refractivity contribution is 7.95. The van der Waals surface area contributed by atoms with Crippen molar-refractivity contribution in [1.29, 1.82) is 0 Å². The topological polar surface area (TPSA) is 66.6 Å². The molecule has 0 atom stereocenters. The molecule has 0 radical (unpaired) electrons. The molecule has 24 heavy (non-hydrogen) atoms. The average molecular weight is 376 g/mol. The standard InChI is InChI=1S/C15H15F2N3O2S.ClH/c16-11-6-7-13(12(17)10-11)20-15-5-2-1-4-14(15)19(9-3-8-18)23(20,21)22;/h1-2,4-7,10H,3,8-9,18H2;1H. The van der Waals surface area contributed by atoms with Crippen molar-refractivity contribution in [3.05, 3.63) is 54.1 Å². The van der Waals surface area contributed by atoms with Gasteiger partial charge in [-0.25, -0.2) is 13.1 Å². The van der Waals surface area contributed by atoms with Crippen LogP contribution in [-0.2, 0) is 10.2 Å². The lowest BCUT2D eigenvalue weighted by molar-refractivity contribution is 0.578. The molecule has 0 aromatic heterocycles. The molecule has 1 heterocycles. The zero-order valence-electron chi connectivity index (χ0n) is 12.5. The molecule has 1 aliphatic heterocycles. The quantitative estimate of drug-likeness (QED) is 0.893. The smallest absolute Gasteiger partial charge is 0.330 e. The van der Waals surface area contributed by atoms with Gasteiger partial charge in [0.2, 0.25) is 0 Å². The summed E-state index contributed by atoms with van der Waals surface area (Å²) in [5.41, 5.74) is 6.03. The first-order valence-corrected chi connectivity index (χ1v) is 8.43. The molecule has 0 saturated carbocycles. The summed E-state index contributed by atoms with van der Waals surface area (Å²) in [6.45, 7) is 0.522. The largest absolute Gasteiger partial charge is 0.331 e. The fourth-order valence-corrected chi connectivity index (χ4v) is 4.32. The molecule has 9 heteroatoms. The number of hydrogen-bond donors (Lipinski definition) is 1. The summed E-state index contributed by atoms with van der Waals surface area (Å²) in [4.78, 5) is 0. The zero-order valence-corrected chi connectivity index (χ0v) is 14.2. The van der Waals surface area contributed by atoms with Gasteiger partial charge in [-0.05, 0) is 37.2 Å². The second-order valence-corrected chi connectivity index (χ2v) is 6.77. The van der Waals surface area contributed by atoms with Crippen molar-refractivity contribution in [1.82, 2.24) is 0 Å². The van der Waals surface area contributed by atoms with Crippen LogP contribution in [-0.4, -0.2) is 21.5 Å². The third-order valence-corrected chi connectivity index (χ3v) is 5.36. The highest BCUT2D eigenvalue weighted by atomic mass is 35.5. The number of para-hydroxylation sites is 2. The fourth-order valence-electron chi connectivity index (χ4n) is 2.56. The van der Waals surface area contributed by atoms with Crippen LogP contribution in [0.1, 0.15) is 6.42 Å². The Balaban J connectivity index is 0.00000208. The van der Waals surface area contributed by atoms with E-state index < -0.39 is 21.8 Å². The summed E-state index contributed by atoms with van der Waals surface area (Å²) < 4.78 is 55.0. The maximum Gasteiger partial charge on any atom is 0.331 e. The molecule has 2 N–H and O–H groups in total. The monoisotopic (exact) mass is 375 g/mol. The van der Waals surface area contributed by atoms with E-state index >= 15 is 0 Å².